The molecule has 0 aliphatic carbocycles. The summed E-state index contributed by atoms with van der Waals surface area (Å²) in [5.74, 6) is -0.375. The Kier molecular flexibility index (Phi) is 16.3. The number of pyridine rings is 1. The maximum absolute atomic E-state index is 9.98. The van der Waals surface area contributed by atoms with Crippen molar-refractivity contribution in [1.82, 2.24) is 4.98 Å². The second-order valence-electron chi connectivity index (χ2n) is 3.70. The number of nitrogens with zero attached hydrogens (tertiary/aromatic N) is 3. The van der Waals surface area contributed by atoms with Gasteiger partial charge in [0.15, 0.2) is 5.78 Å². The zero-order valence-electron chi connectivity index (χ0n) is 12.4. The summed E-state index contributed by atoms with van der Waals surface area (Å²) in [5, 5.41) is 17.4. The molecule has 0 saturated carbocycles. The number of carbonyl (C=O) groups is 1. The fourth-order valence-electron chi connectivity index (χ4n) is 1.04. The molecule has 1 aromatic heterocycles. The van der Waals surface area contributed by atoms with E-state index in [1.54, 1.807) is 13.1 Å². The van der Waals surface area contributed by atoms with Crippen LogP contribution in [0, 0.1) is 0 Å². The van der Waals surface area contributed by atoms with Crippen LogP contribution in [0.5, 0.6) is 0 Å². The number of carbonyl (C=O) groups excluding carboxylic acids is 1. The number of amidine groups is 1. The van der Waals surface area contributed by atoms with Crippen molar-refractivity contribution >= 4 is 29.3 Å². The molecule has 1 heterocycles. The average Bonchev–Trinajstić information content (AvgIpc) is 2.36. The van der Waals surface area contributed by atoms with E-state index in [9.17, 15) is 9.90 Å². The average molecular weight is 359 g/mol. The van der Waals surface area contributed by atoms with E-state index in [-0.39, 0.29) is 40.7 Å². The fraction of sp³-hybridized carbons (Fsp3) is 0.231. The van der Waals surface area contributed by atoms with Gasteiger partial charge >= 0.3 is 18.6 Å². The van der Waals surface area contributed by atoms with Gasteiger partial charge in [-0.15, -0.1) is 5.76 Å². The van der Waals surface area contributed by atoms with Gasteiger partial charge in [0.2, 0.25) is 0 Å². The van der Waals surface area contributed by atoms with Crippen LogP contribution in [0.2, 0.25) is 0 Å². The van der Waals surface area contributed by atoms with E-state index in [0.29, 0.717) is 5.71 Å². The molecule has 9 heteroatoms. The van der Waals surface area contributed by atoms with Crippen molar-refractivity contribution in [1.29, 1.82) is 0 Å². The van der Waals surface area contributed by atoms with Gasteiger partial charge in [0, 0.05) is 6.20 Å². The zero-order valence-corrected chi connectivity index (χ0v) is 14.6. The first-order valence-corrected chi connectivity index (χ1v) is 6.05. The van der Waals surface area contributed by atoms with Crippen LogP contribution in [0.1, 0.15) is 26.5 Å². The number of hydrogen-bond donors (Lipinski definition) is 1. The van der Waals surface area contributed by atoms with E-state index in [1.807, 2.05) is 18.2 Å². The second kappa shape index (κ2) is 14.2. The third-order valence-electron chi connectivity index (χ3n) is 1.74. The molecule has 0 bridgehead atoms. The van der Waals surface area contributed by atoms with Crippen LogP contribution in [0.4, 0.5) is 0 Å². The van der Waals surface area contributed by atoms with Crippen molar-refractivity contribution in [2.75, 3.05) is 0 Å². The van der Waals surface area contributed by atoms with Gasteiger partial charge in [-0.2, -0.15) is 10.2 Å². The molecule has 1 radical (unpaired) electrons. The Balaban J connectivity index is -0.000000350. The molecule has 0 fully saturated rings. The summed E-state index contributed by atoms with van der Waals surface area (Å²) in [4.78, 5) is 14.1. The first-order chi connectivity index (χ1) is 9.32. The minimum Gasteiger partial charge on any atom is -2.00 e. The van der Waals surface area contributed by atoms with Gasteiger partial charge in [-0.1, -0.05) is 13.0 Å². The van der Waals surface area contributed by atoms with Crippen molar-refractivity contribution in [2.45, 2.75) is 20.8 Å². The van der Waals surface area contributed by atoms with Gasteiger partial charge in [0.05, 0.1) is 11.4 Å². The largest absolute Gasteiger partial charge is 4.00 e. The van der Waals surface area contributed by atoms with Crippen LogP contribution < -0.4 is 10.8 Å². The van der Waals surface area contributed by atoms with E-state index in [1.165, 1.54) is 13.8 Å². The molecule has 117 valence electrons. The van der Waals surface area contributed by atoms with Crippen LogP contribution in [0.15, 0.2) is 46.4 Å². The second-order valence-corrected chi connectivity index (χ2v) is 4.12. The van der Waals surface area contributed by atoms with Gasteiger partial charge in [-0.25, -0.2) is 0 Å². The molecular weight excluding hydrogens is 343 g/mol. The first-order valence-electron chi connectivity index (χ1n) is 5.65. The van der Waals surface area contributed by atoms with Crippen LogP contribution in [0.25, 0.3) is 0 Å². The van der Waals surface area contributed by atoms with Crippen molar-refractivity contribution in [2.24, 2.45) is 15.9 Å². The number of nitrogens with two attached hydrogens (primary N) is 1. The molecule has 2 N–H and O–H groups in total. The number of allylic oxidation sites excluding steroid dienone is 2. The van der Waals surface area contributed by atoms with Crippen LogP contribution in [-0.4, -0.2) is 21.6 Å². The third-order valence-corrected chi connectivity index (χ3v) is 1.82. The summed E-state index contributed by atoms with van der Waals surface area (Å²) in [6.07, 6.45) is 2.75. The molecule has 0 unspecified atom stereocenters. The topological polar surface area (TPSA) is 132 Å². The molecule has 22 heavy (non-hydrogen) atoms. The fourth-order valence-corrected chi connectivity index (χ4v) is 1.08. The number of ketones is 1. The van der Waals surface area contributed by atoms with Crippen molar-refractivity contribution in [3.63, 3.8) is 0 Å². The standard InChI is InChI=1S/C8H10N4S.C5H8O2.O.V/c1-6(11-12-8(9)13)7-4-2-3-5-10-7;1-4(6)3-5(2)7;;/h2-5H,1H3,(H3,9,12,13);3,6H,1-2H3;;/q;;-2;+4/p-2/b11-6+;4-3+;;. The molecular formula is C13H16N4O3SV. The smallest absolute Gasteiger partial charge is 2.00 e. The summed E-state index contributed by atoms with van der Waals surface area (Å²) >= 11 is 4.55. The van der Waals surface area contributed by atoms with E-state index in [4.69, 9.17) is 5.73 Å². The molecule has 1 aromatic rings. The summed E-state index contributed by atoms with van der Waals surface area (Å²) in [6, 6.07) is 5.55. The van der Waals surface area contributed by atoms with Crippen molar-refractivity contribution in [3.8, 4) is 0 Å². The van der Waals surface area contributed by atoms with Crippen LogP contribution in [-0.2, 0) is 41.5 Å². The summed E-state index contributed by atoms with van der Waals surface area (Å²) < 4.78 is 0. The summed E-state index contributed by atoms with van der Waals surface area (Å²) in [6.45, 7) is 4.49. The molecule has 0 atom stereocenters. The Morgan fingerprint density at radius 1 is 1.32 bits per heavy atom. The van der Waals surface area contributed by atoms with Crippen molar-refractivity contribution in [3.05, 3.63) is 41.9 Å². The maximum atomic E-state index is 9.98. The number of hydrogen-bond acceptors (Lipinski definition) is 6. The van der Waals surface area contributed by atoms with Gasteiger partial charge in [-0.3, -0.25) is 9.78 Å². The van der Waals surface area contributed by atoms with E-state index < -0.39 is 0 Å². The van der Waals surface area contributed by atoms with E-state index in [2.05, 4.69) is 27.8 Å². The molecule has 1 rings (SSSR count). The minimum atomic E-state index is -0.187. The van der Waals surface area contributed by atoms with E-state index in [0.717, 1.165) is 11.8 Å². The van der Waals surface area contributed by atoms with Crippen LogP contribution in [0.3, 0.4) is 0 Å². The summed E-state index contributed by atoms with van der Waals surface area (Å²) in [7, 11) is 0. The zero-order chi connectivity index (χ0) is 15.5. The van der Waals surface area contributed by atoms with Crippen LogP contribution >= 0.6 is 0 Å². The Morgan fingerprint density at radius 3 is 2.23 bits per heavy atom. The quantitative estimate of drug-likeness (QED) is 0.208. The molecule has 0 aliphatic heterocycles. The normalized spacial score (nSPS) is 11.3. The Labute approximate surface area is 147 Å². The number of rotatable bonds is 3. The van der Waals surface area contributed by atoms with Gasteiger partial charge in [0.1, 0.15) is 0 Å². The predicted octanol–water partition coefficient (Wildman–Crippen LogP) is 0.385. The summed E-state index contributed by atoms with van der Waals surface area (Å²) in [5.41, 5.74) is 6.61. The molecule has 0 spiro atoms. The molecule has 0 aliphatic rings. The Bertz CT molecular complexity index is 525. The monoisotopic (exact) mass is 359 g/mol. The maximum Gasteiger partial charge on any atom is 4.00 e. The molecule has 0 saturated heterocycles. The first kappa shape index (κ1) is 25.2. The molecule has 7 nitrogen and oxygen atoms in total. The molecule has 0 amide bonds. The van der Waals surface area contributed by atoms with Crippen molar-refractivity contribution < 1.29 is 33.9 Å². The SMILES string of the molecule is C/C(=N\N=C(\N)[S-])c1ccccn1.CC(=O)/C=C(\C)[O-].[O-2].[V+4]. The van der Waals surface area contributed by atoms with E-state index >= 15 is 0 Å². The Morgan fingerprint density at radius 2 is 1.91 bits per heavy atom. The predicted molar refractivity (Wildman–Crippen MR) is 80.6 cm³/mol. The number of aromatic nitrogens is 1. The van der Waals surface area contributed by atoms with Gasteiger partial charge in [0.25, 0.3) is 0 Å². The third kappa shape index (κ3) is 14.7. The minimum absolute atomic E-state index is 0. The Hall–Kier alpha value is -1.74. The molecule has 0 aromatic carbocycles. The van der Waals surface area contributed by atoms with Gasteiger partial charge in [-0.05, 0) is 37.2 Å². The van der Waals surface area contributed by atoms with Gasteiger partial charge < -0.3 is 28.9 Å².